The topological polar surface area (TPSA) is 106 Å². The van der Waals surface area contributed by atoms with Crippen LogP contribution in [0.1, 0.15) is 62.8 Å². The Morgan fingerprint density at radius 1 is 1.07 bits per heavy atom. The monoisotopic (exact) mass is 654 g/mol. The fourth-order valence-electron chi connectivity index (χ4n) is 4.66. The number of benzene rings is 3. The molecule has 0 radical (unpaired) electrons. The first-order valence-corrected chi connectivity index (χ1v) is 14.9. The van der Waals surface area contributed by atoms with Crippen molar-refractivity contribution in [3.63, 3.8) is 0 Å². The molecule has 3 aromatic rings. The van der Waals surface area contributed by atoms with Crippen molar-refractivity contribution < 1.29 is 33.3 Å². The Morgan fingerprint density at radius 3 is 2.42 bits per heavy atom. The van der Waals surface area contributed by atoms with E-state index in [9.17, 15) is 14.0 Å². The summed E-state index contributed by atoms with van der Waals surface area (Å²) in [6.07, 6.45) is -0.442. The summed E-state index contributed by atoms with van der Waals surface area (Å²) in [5.74, 6) is -0.423. The summed E-state index contributed by atoms with van der Waals surface area (Å²) in [5, 5.41) is 12.0. The molecule has 4 rings (SSSR count). The normalized spacial score (nSPS) is 18.0. The molecule has 43 heavy (non-hydrogen) atoms. The van der Waals surface area contributed by atoms with Crippen LogP contribution in [0.3, 0.4) is 0 Å². The fourth-order valence-corrected chi connectivity index (χ4v) is 5.15. The third-order valence-corrected chi connectivity index (χ3v) is 7.44. The van der Waals surface area contributed by atoms with Crippen LogP contribution in [0, 0.1) is 5.82 Å². The third-order valence-electron chi connectivity index (χ3n) is 6.71. The van der Waals surface area contributed by atoms with Gasteiger partial charge in [-0.1, -0.05) is 46.3 Å². The minimum atomic E-state index is -1.54. The van der Waals surface area contributed by atoms with Gasteiger partial charge in [0, 0.05) is 41.6 Å². The Balaban J connectivity index is 1.72. The maximum atomic E-state index is 14.2. The highest BCUT2D eigenvalue weighted by atomic mass is 79.9. The van der Waals surface area contributed by atoms with Crippen LogP contribution in [-0.4, -0.2) is 47.2 Å². The number of amides is 1. The minimum Gasteiger partial charge on any atom is -0.494 e. The zero-order valence-electron chi connectivity index (χ0n) is 24.4. The summed E-state index contributed by atoms with van der Waals surface area (Å²) in [4.78, 5) is 32.0. The molecule has 2 atom stereocenters. The van der Waals surface area contributed by atoms with Crippen molar-refractivity contribution in [3.05, 3.63) is 99.8 Å². The number of halogens is 2. The van der Waals surface area contributed by atoms with Gasteiger partial charge in [-0.15, -0.1) is 0 Å². The number of rotatable bonds is 12. The fraction of sp³-hybridized carbons (Fsp3) is 0.364. The van der Waals surface area contributed by atoms with Crippen molar-refractivity contribution in [2.24, 2.45) is 4.99 Å². The summed E-state index contributed by atoms with van der Waals surface area (Å²) < 4.78 is 31.9. The number of aliphatic hydroxyl groups excluding tert-OH is 1. The molecule has 0 aliphatic carbocycles. The van der Waals surface area contributed by atoms with E-state index in [-0.39, 0.29) is 37.7 Å². The van der Waals surface area contributed by atoms with E-state index in [1.165, 1.54) is 12.1 Å². The SMILES string of the molecule is CC(C)(C)OC(=O)CC[C@@]1(C(=O)NCc2ccc(F)cc2)N=C(c2ccc(OCCCO)cc2)O[C@@H]1c1ccccc1Br. The molecule has 8 nitrogen and oxygen atoms in total. The van der Waals surface area contributed by atoms with Crippen molar-refractivity contribution in [2.75, 3.05) is 13.2 Å². The first kappa shape index (κ1) is 32.2. The summed E-state index contributed by atoms with van der Waals surface area (Å²) in [5.41, 5.74) is -0.219. The number of carbonyl (C=O) groups is 2. The summed E-state index contributed by atoms with van der Waals surface area (Å²) in [6, 6.07) is 20.3. The van der Waals surface area contributed by atoms with Crippen LogP contribution >= 0.6 is 15.9 Å². The molecular weight excluding hydrogens is 619 g/mol. The first-order valence-electron chi connectivity index (χ1n) is 14.1. The second-order valence-electron chi connectivity index (χ2n) is 11.2. The number of hydrogen-bond acceptors (Lipinski definition) is 7. The van der Waals surface area contributed by atoms with E-state index in [2.05, 4.69) is 21.2 Å². The Hall–Kier alpha value is -3.76. The molecule has 0 aromatic heterocycles. The van der Waals surface area contributed by atoms with E-state index >= 15 is 0 Å². The number of ether oxygens (including phenoxy) is 3. The highest BCUT2D eigenvalue weighted by Gasteiger charge is 2.53. The Kier molecular flexibility index (Phi) is 10.6. The van der Waals surface area contributed by atoms with Gasteiger partial charge in [-0.05, 0) is 75.2 Å². The lowest BCUT2D eigenvalue weighted by atomic mass is 9.83. The molecule has 1 amide bonds. The summed E-state index contributed by atoms with van der Waals surface area (Å²) >= 11 is 3.60. The van der Waals surface area contributed by atoms with E-state index in [4.69, 9.17) is 24.3 Å². The number of aliphatic imine (C=N–C) groups is 1. The molecule has 0 unspecified atom stereocenters. The van der Waals surface area contributed by atoms with Crippen LogP contribution in [0.2, 0.25) is 0 Å². The number of hydrogen-bond donors (Lipinski definition) is 2. The lowest BCUT2D eigenvalue weighted by Gasteiger charge is -2.31. The van der Waals surface area contributed by atoms with E-state index in [0.717, 1.165) is 4.47 Å². The molecule has 1 aliphatic heterocycles. The molecule has 228 valence electrons. The third kappa shape index (κ3) is 8.42. The van der Waals surface area contributed by atoms with E-state index in [1.807, 2.05) is 24.3 Å². The number of nitrogens with one attached hydrogen (secondary N) is 1. The highest BCUT2D eigenvalue weighted by molar-refractivity contribution is 9.10. The van der Waals surface area contributed by atoms with Crippen molar-refractivity contribution in [1.29, 1.82) is 0 Å². The molecule has 0 saturated heterocycles. The molecule has 2 N–H and O–H groups in total. The predicted octanol–water partition coefficient (Wildman–Crippen LogP) is 6.04. The molecular formula is C33H36BrFN2O6. The van der Waals surface area contributed by atoms with Gasteiger partial charge >= 0.3 is 5.97 Å². The van der Waals surface area contributed by atoms with Gasteiger partial charge in [0.25, 0.3) is 5.91 Å². The van der Waals surface area contributed by atoms with Crippen LogP contribution in [0.25, 0.3) is 0 Å². The van der Waals surface area contributed by atoms with Gasteiger partial charge in [0.1, 0.15) is 17.2 Å². The molecule has 0 spiro atoms. The number of carbonyl (C=O) groups excluding carboxylic acids is 2. The van der Waals surface area contributed by atoms with Gasteiger partial charge in [-0.3, -0.25) is 9.59 Å². The predicted molar refractivity (Wildman–Crippen MR) is 164 cm³/mol. The number of aliphatic hydroxyl groups is 1. The van der Waals surface area contributed by atoms with Crippen molar-refractivity contribution in [1.82, 2.24) is 5.32 Å². The zero-order valence-corrected chi connectivity index (χ0v) is 26.0. The summed E-state index contributed by atoms with van der Waals surface area (Å²) in [6.45, 7) is 5.89. The van der Waals surface area contributed by atoms with Crippen LogP contribution in [0.4, 0.5) is 4.39 Å². The second kappa shape index (κ2) is 14.1. The van der Waals surface area contributed by atoms with Gasteiger partial charge in [0.05, 0.1) is 6.61 Å². The highest BCUT2D eigenvalue weighted by Crippen LogP contribution is 2.45. The lowest BCUT2D eigenvalue weighted by molar-refractivity contribution is -0.155. The van der Waals surface area contributed by atoms with Crippen LogP contribution in [-0.2, 0) is 25.6 Å². The Morgan fingerprint density at radius 2 is 1.77 bits per heavy atom. The zero-order chi connectivity index (χ0) is 31.0. The van der Waals surface area contributed by atoms with Gasteiger partial charge in [0.2, 0.25) is 5.90 Å². The number of nitrogens with zero attached hydrogens (tertiary/aromatic N) is 1. The van der Waals surface area contributed by atoms with Gasteiger partial charge in [-0.2, -0.15) is 0 Å². The number of esters is 1. The Labute approximate surface area is 259 Å². The maximum absolute atomic E-state index is 14.2. The molecule has 0 fully saturated rings. The molecule has 10 heteroatoms. The molecule has 0 saturated carbocycles. The van der Waals surface area contributed by atoms with Crippen molar-refractivity contribution >= 4 is 33.7 Å². The van der Waals surface area contributed by atoms with Crippen LogP contribution in [0.5, 0.6) is 5.75 Å². The smallest absolute Gasteiger partial charge is 0.306 e. The molecule has 3 aromatic carbocycles. The minimum absolute atomic E-state index is 0.00895. The largest absolute Gasteiger partial charge is 0.494 e. The lowest BCUT2D eigenvalue weighted by Crippen LogP contribution is -2.48. The average molecular weight is 656 g/mol. The summed E-state index contributed by atoms with van der Waals surface area (Å²) in [7, 11) is 0. The van der Waals surface area contributed by atoms with Crippen molar-refractivity contribution in [3.8, 4) is 5.75 Å². The van der Waals surface area contributed by atoms with E-state index in [1.54, 1.807) is 57.2 Å². The van der Waals surface area contributed by atoms with E-state index < -0.39 is 29.1 Å². The average Bonchev–Trinajstić information content (AvgIpc) is 3.36. The second-order valence-corrected chi connectivity index (χ2v) is 12.1. The van der Waals surface area contributed by atoms with Gasteiger partial charge in [0.15, 0.2) is 11.6 Å². The van der Waals surface area contributed by atoms with Crippen molar-refractivity contribution in [2.45, 2.75) is 63.8 Å². The van der Waals surface area contributed by atoms with Crippen LogP contribution in [0.15, 0.2) is 82.3 Å². The van der Waals surface area contributed by atoms with Crippen LogP contribution < -0.4 is 10.1 Å². The molecule has 0 bridgehead atoms. The molecule has 1 aliphatic rings. The maximum Gasteiger partial charge on any atom is 0.306 e. The standard InChI is InChI=1S/C33H36BrFN2O6/c1-32(2,3)43-28(39)17-18-33(31(40)36-21-22-9-13-24(35)14-10-22)29(26-7-4-5-8-27(26)34)42-30(37-33)23-11-15-25(16-12-23)41-20-6-19-38/h4-5,7-16,29,38H,6,17-21H2,1-3H3,(H,36,40)/t29-,33-/m1/s1. The first-order chi connectivity index (χ1) is 20.5. The van der Waals surface area contributed by atoms with Gasteiger partial charge in [-0.25, -0.2) is 9.38 Å². The Bertz CT molecular complexity index is 1440. The quantitative estimate of drug-likeness (QED) is 0.182. The van der Waals surface area contributed by atoms with Gasteiger partial charge < -0.3 is 24.6 Å². The molecule has 1 heterocycles. The van der Waals surface area contributed by atoms with E-state index in [0.29, 0.717) is 35.5 Å².